The fraction of sp³-hybridized carbons (Fsp3) is 0.308. The Balaban J connectivity index is 2.46. The Bertz CT molecular complexity index is 731. The van der Waals surface area contributed by atoms with Crippen LogP contribution in [0.2, 0.25) is 0 Å². The van der Waals surface area contributed by atoms with E-state index in [1.54, 1.807) is 0 Å². The molecule has 1 fully saturated rings. The number of aliphatic hydroxyl groups excluding tert-OH is 1. The van der Waals surface area contributed by atoms with Gasteiger partial charge in [-0.1, -0.05) is 0 Å². The Morgan fingerprint density at radius 3 is 2.78 bits per heavy atom. The SMILES string of the molecule is Nc1nc(=O)n(C2OC(CO)/C(=C/F)C2F)cc1/C=C/C(=O)O. The van der Waals surface area contributed by atoms with Crippen molar-refractivity contribution in [2.24, 2.45) is 0 Å². The third kappa shape index (κ3) is 3.27. The quantitative estimate of drug-likeness (QED) is 0.664. The number of carboxylic acids is 1. The molecule has 8 nitrogen and oxygen atoms in total. The van der Waals surface area contributed by atoms with Gasteiger partial charge in [-0.15, -0.1) is 0 Å². The molecule has 3 unspecified atom stereocenters. The first-order valence-electron chi connectivity index (χ1n) is 6.39. The van der Waals surface area contributed by atoms with Crippen molar-refractivity contribution in [2.45, 2.75) is 18.5 Å². The van der Waals surface area contributed by atoms with Crippen LogP contribution in [0.4, 0.5) is 14.6 Å². The van der Waals surface area contributed by atoms with Crippen LogP contribution in [-0.4, -0.2) is 44.6 Å². The summed E-state index contributed by atoms with van der Waals surface area (Å²) in [5.41, 5.74) is 4.15. The molecule has 4 N–H and O–H groups in total. The maximum Gasteiger partial charge on any atom is 0.351 e. The minimum atomic E-state index is -2.02. The van der Waals surface area contributed by atoms with E-state index in [2.05, 4.69) is 4.98 Å². The van der Waals surface area contributed by atoms with Crippen LogP contribution in [0.3, 0.4) is 0 Å². The highest BCUT2D eigenvalue weighted by Gasteiger charge is 2.42. The fourth-order valence-corrected chi connectivity index (χ4v) is 2.11. The third-order valence-electron chi connectivity index (χ3n) is 3.23. The molecule has 1 saturated heterocycles. The summed E-state index contributed by atoms with van der Waals surface area (Å²) in [5.74, 6) is -1.51. The van der Waals surface area contributed by atoms with Gasteiger partial charge < -0.3 is 20.7 Å². The zero-order chi connectivity index (χ0) is 17.1. The summed E-state index contributed by atoms with van der Waals surface area (Å²) in [5, 5.41) is 17.7. The van der Waals surface area contributed by atoms with Crippen LogP contribution in [-0.2, 0) is 9.53 Å². The molecular formula is C13H13F2N3O5. The second kappa shape index (κ2) is 6.67. The van der Waals surface area contributed by atoms with Crippen molar-refractivity contribution in [1.82, 2.24) is 9.55 Å². The molecule has 23 heavy (non-hydrogen) atoms. The number of aromatic nitrogens is 2. The number of halogens is 2. The number of carbonyl (C=O) groups is 1. The molecule has 3 atom stereocenters. The number of nitrogen functional groups attached to an aromatic ring is 1. The van der Waals surface area contributed by atoms with E-state index in [-0.39, 0.29) is 17.7 Å². The van der Waals surface area contributed by atoms with Gasteiger partial charge in [0.1, 0.15) is 11.9 Å². The number of nitrogens with zero attached hydrogens (tertiary/aromatic N) is 2. The molecular weight excluding hydrogens is 316 g/mol. The molecule has 0 aromatic carbocycles. The van der Waals surface area contributed by atoms with Crippen molar-refractivity contribution in [3.05, 3.63) is 40.2 Å². The summed E-state index contributed by atoms with van der Waals surface area (Å²) in [6.07, 6.45) is -1.94. The number of aliphatic hydroxyl groups is 1. The first kappa shape index (κ1) is 16.8. The largest absolute Gasteiger partial charge is 0.478 e. The van der Waals surface area contributed by atoms with Crippen LogP contribution in [0.5, 0.6) is 0 Å². The first-order chi connectivity index (χ1) is 10.9. The molecule has 0 amide bonds. The average molecular weight is 329 g/mol. The summed E-state index contributed by atoms with van der Waals surface area (Å²) in [6.45, 7) is -0.671. The number of nitrogens with two attached hydrogens (primary N) is 1. The van der Waals surface area contributed by atoms with Crippen LogP contribution in [0, 0.1) is 0 Å². The van der Waals surface area contributed by atoms with Gasteiger partial charge in [-0.25, -0.2) is 18.4 Å². The predicted molar refractivity (Wildman–Crippen MR) is 74.7 cm³/mol. The molecule has 2 rings (SSSR count). The van der Waals surface area contributed by atoms with Crippen LogP contribution in [0.25, 0.3) is 6.08 Å². The van der Waals surface area contributed by atoms with Gasteiger partial charge in [0, 0.05) is 23.4 Å². The molecule has 0 spiro atoms. The van der Waals surface area contributed by atoms with Crippen LogP contribution >= 0.6 is 0 Å². The topological polar surface area (TPSA) is 128 Å². The first-order valence-corrected chi connectivity index (χ1v) is 6.39. The smallest absolute Gasteiger partial charge is 0.351 e. The van der Waals surface area contributed by atoms with E-state index in [9.17, 15) is 18.4 Å². The summed E-state index contributed by atoms with van der Waals surface area (Å²) < 4.78 is 32.8. The van der Waals surface area contributed by atoms with Crippen molar-refractivity contribution in [3.63, 3.8) is 0 Å². The van der Waals surface area contributed by atoms with Gasteiger partial charge in [0.05, 0.1) is 12.9 Å². The summed E-state index contributed by atoms with van der Waals surface area (Å²) >= 11 is 0. The second-order valence-electron chi connectivity index (χ2n) is 4.65. The lowest BCUT2D eigenvalue weighted by Gasteiger charge is -2.16. The van der Waals surface area contributed by atoms with Crippen molar-refractivity contribution < 1.29 is 28.5 Å². The lowest BCUT2D eigenvalue weighted by atomic mass is 10.1. The highest BCUT2D eigenvalue weighted by atomic mass is 19.1. The van der Waals surface area contributed by atoms with E-state index in [4.69, 9.17) is 20.7 Å². The Labute approximate surface area is 128 Å². The molecule has 0 aliphatic carbocycles. The number of ether oxygens (including phenoxy) is 1. The summed E-state index contributed by atoms with van der Waals surface area (Å²) in [7, 11) is 0. The van der Waals surface area contributed by atoms with Gasteiger partial charge in [-0.05, 0) is 6.08 Å². The Morgan fingerprint density at radius 2 is 2.26 bits per heavy atom. The molecule has 124 valence electrons. The van der Waals surface area contributed by atoms with Crippen molar-refractivity contribution in [2.75, 3.05) is 12.3 Å². The van der Waals surface area contributed by atoms with Gasteiger partial charge in [-0.2, -0.15) is 4.98 Å². The number of aliphatic carboxylic acids is 1. The molecule has 1 aromatic rings. The predicted octanol–water partition coefficient (Wildman–Crippen LogP) is 0.00450. The number of hydrogen-bond acceptors (Lipinski definition) is 6. The molecule has 2 heterocycles. The lowest BCUT2D eigenvalue weighted by molar-refractivity contribution is -0.131. The number of anilines is 1. The third-order valence-corrected chi connectivity index (χ3v) is 3.23. The van der Waals surface area contributed by atoms with E-state index >= 15 is 0 Å². The van der Waals surface area contributed by atoms with Gasteiger partial charge >= 0.3 is 11.7 Å². The van der Waals surface area contributed by atoms with Crippen LogP contribution < -0.4 is 11.4 Å². The van der Waals surface area contributed by atoms with E-state index in [1.807, 2.05) is 0 Å². The maximum atomic E-state index is 14.2. The number of alkyl halides is 1. The van der Waals surface area contributed by atoms with Gasteiger partial charge in [0.25, 0.3) is 0 Å². The number of hydrogen-bond donors (Lipinski definition) is 3. The Morgan fingerprint density at radius 1 is 1.57 bits per heavy atom. The Hall–Kier alpha value is -2.59. The van der Waals surface area contributed by atoms with Crippen LogP contribution in [0.15, 0.2) is 29.0 Å². The normalized spacial score (nSPS) is 26.2. The van der Waals surface area contributed by atoms with Gasteiger partial charge in [-0.3, -0.25) is 4.57 Å². The zero-order valence-corrected chi connectivity index (χ0v) is 11.6. The summed E-state index contributed by atoms with van der Waals surface area (Å²) in [4.78, 5) is 25.8. The molecule has 0 bridgehead atoms. The van der Waals surface area contributed by atoms with E-state index in [0.29, 0.717) is 0 Å². The van der Waals surface area contributed by atoms with Gasteiger partial charge in [0.15, 0.2) is 12.4 Å². The molecule has 10 heteroatoms. The van der Waals surface area contributed by atoms with Crippen molar-refractivity contribution in [1.29, 1.82) is 0 Å². The fourth-order valence-electron chi connectivity index (χ4n) is 2.11. The molecule has 1 aliphatic heterocycles. The van der Waals surface area contributed by atoms with Crippen LogP contribution in [0.1, 0.15) is 11.8 Å². The minimum Gasteiger partial charge on any atom is -0.478 e. The Kier molecular flexibility index (Phi) is 4.86. The van der Waals surface area contributed by atoms with E-state index < -0.39 is 42.3 Å². The van der Waals surface area contributed by atoms with Crippen molar-refractivity contribution in [3.8, 4) is 0 Å². The maximum absolute atomic E-state index is 14.2. The lowest BCUT2D eigenvalue weighted by Crippen LogP contribution is -2.31. The van der Waals surface area contributed by atoms with E-state index in [0.717, 1.165) is 22.9 Å². The number of rotatable bonds is 4. The zero-order valence-electron chi connectivity index (χ0n) is 11.6. The minimum absolute atomic E-state index is 0.0213. The van der Waals surface area contributed by atoms with Gasteiger partial charge in [0.2, 0.25) is 0 Å². The highest BCUT2D eigenvalue weighted by molar-refractivity contribution is 5.86. The monoisotopic (exact) mass is 329 g/mol. The van der Waals surface area contributed by atoms with Crippen molar-refractivity contribution >= 4 is 17.9 Å². The second-order valence-corrected chi connectivity index (χ2v) is 4.65. The standard InChI is InChI=1S/C13H13F2N3O5/c14-3-7-8(5-19)23-12(10(7)15)18-4-6(1-2-9(20)21)11(16)17-13(18)22/h1-4,8,10,12,19H,5H2,(H,20,21)(H2,16,17,22)/b2-1+,7-3-. The molecule has 1 aromatic heterocycles. The average Bonchev–Trinajstić information content (AvgIpc) is 2.82. The number of carboxylic acid groups (broad SMARTS) is 1. The molecule has 0 radical (unpaired) electrons. The molecule has 1 aliphatic rings. The van der Waals surface area contributed by atoms with E-state index in [1.165, 1.54) is 0 Å². The molecule has 0 saturated carbocycles. The summed E-state index contributed by atoms with van der Waals surface area (Å²) in [6, 6.07) is 0. The highest BCUT2D eigenvalue weighted by Crippen LogP contribution is 2.35.